The van der Waals surface area contributed by atoms with Crippen LogP contribution in [0.15, 0.2) is 18.3 Å². The second-order valence-electron chi connectivity index (χ2n) is 3.77. The number of ether oxygens (including phenoxy) is 1. The van der Waals surface area contributed by atoms with Crippen molar-refractivity contribution < 1.29 is 4.74 Å². The van der Waals surface area contributed by atoms with Crippen LogP contribution in [-0.2, 0) is 4.74 Å². The summed E-state index contributed by atoms with van der Waals surface area (Å²) in [5, 5.41) is 11.9. The summed E-state index contributed by atoms with van der Waals surface area (Å²) in [5.74, 6) is 0. The van der Waals surface area contributed by atoms with Crippen molar-refractivity contribution in [2.45, 2.75) is 0 Å². The van der Waals surface area contributed by atoms with Gasteiger partial charge in [0.25, 0.3) is 0 Å². The van der Waals surface area contributed by atoms with Crippen molar-refractivity contribution in [3.8, 4) is 6.07 Å². The van der Waals surface area contributed by atoms with Gasteiger partial charge in [0.1, 0.15) is 11.8 Å². The topological polar surface area (TPSA) is 61.2 Å². The van der Waals surface area contributed by atoms with E-state index in [2.05, 4.69) is 22.2 Å². The summed E-state index contributed by atoms with van der Waals surface area (Å²) in [6.45, 7) is 3.44. The molecule has 1 aromatic heterocycles. The molecule has 0 saturated carbocycles. The predicted octanol–water partition coefficient (Wildman–Crippen LogP) is 0.943. The van der Waals surface area contributed by atoms with Crippen LogP contribution in [0.4, 0.5) is 5.69 Å². The largest absolute Gasteiger partial charge is 0.383 e. The van der Waals surface area contributed by atoms with Crippen molar-refractivity contribution in [2.75, 3.05) is 45.7 Å². The molecule has 1 rings (SSSR count). The summed E-state index contributed by atoms with van der Waals surface area (Å²) in [4.78, 5) is 6.18. The highest BCUT2D eigenvalue weighted by Gasteiger charge is 1.98. The van der Waals surface area contributed by atoms with Crippen molar-refractivity contribution in [2.24, 2.45) is 0 Å². The van der Waals surface area contributed by atoms with Gasteiger partial charge in [0.2, 0.25) is 0 Å². The fraction of sp³-hybridized carbons (Fsp3) is 0.500. The number of rotatable bonds is 7. The molecule has 0 atom stereocenters. The third kappa shape index (κ3) is 5.29. The van der Waals surface area contributed by atoms with Gasteiger partial charge in [0.05, 0.1) is 18.5 Å². The SMILES string of the molecule is COCCN(C)CCNc1ccc(C#N)nc1. The molecule has 0 aliphatic carbocycles. The lowest BCUT2D eigenvalue weighted by Gasteiger charge is -2.16. The van der Waals surface area contributed by atoms with Gasteiger partial charge in [0.15, 0.2) is 0 Å². The molecule has 0 aliphatic rings. The van der Waals surface area contributed by atoms with Crippen molar-refractivity contribution in [1.82, 2.24) is 9.88 Å². The van der Waals surface area contributed by atoms with E-state index < -0.39 is 0 Å². The van der Waals surface area contributed by atoms with E-state index >= 15 is 0 Å². The minimum Gasteiger partial charge on any atom is -0.383 e. The minimum atomic E-state index is 0.438. The van der Waals surface area contributed by atoms with Gasteiger partial charge in [-0.15, -0.1) is 0 Å². The van der Waals surface area contributed by atoms with Crippen LogP contribution in [0.3, 0.4) is 0 Å². The number of nitriles is 1. The number of anilines is 1. The first-order chi connectivity index (χ1) is 8.26. The van der Waals surface area contributed by atoms with Crippen LogP contribution in [0.25, 0.3) is 0 Å². The Labute approximate surface area is 102 Å². The van der Waals surface area contributed by atoms with Gasteiger partial charge in [0, 0.05) is 26.7 Å². The molecule has 0 aliphatic heterocycles. The second kappa shape index (κ2) is 7.60. The van der Waals surface area contributed by atoms with Crippen molar-refractivity contribution in [3.05, 3.63) is 24.0 Å². The van der Waals surface area contributed by atoms with Gasteiger partial charge < -0.3 is 15.0 Å². The van der Waals surface area contributed by atoms with Gasteiger partial charge in [-0.1, -0.05) is 0 Å². The number of methoxy groups -OCH3 is 1. The maximum atomic E-state index is 8.61. The maximum Gasteiger partial charge on any atom is 0.140 e. The molecule has 0 spiro atoms. The zero-order valence-corrected chi connectivity index (χ0v) is 10.3. The molecule has 0 unspecified atom stereocenters. The van der Waals surface area contributed by atoms with Crippen molar-refractivity contribution >= 4 is 5.69 Å². The Bertz CT molecular complexity index is 358. The Morgan fingerprint density at radius 3 is 2.88 bits per heavy atom. The lowest BCUT2D eigenvalue weighted by molar-refractivity contribution is 0.163. The van der Waals surface area contributed by atoms with Crippen LogP contribution in [0.2, 0.25) is 0 Å². The Morgan fingerprint density at radius 1 is 1.47 bits per heavy atom. The summed E-state index contributed by atoms with van der Waals surface area (Å²) >= 11 is 0. The summed E-state index contributed by atoms with van der Waals surface area (Å²) in [5.41, 5.74) is 1.37. The van der Waals surface area contributed by atoms with Crippen molar-refractivity contribution in [3.63, 3.8) is 0 Å². The number of hydrogen-bond donors (Lipinski definition) is 1. The van der Waals surface area contributed by atoms with Crippen molar-refractivity contribution in [1.29, 1.82) is 5.26 Å². The number of nitrogens with one attached hydrogen (secondary N) is 1. The normalized spacial score (nSPS) is 10.2. The lowest BCUT2D eigenvalue weighted by atomic mass is 10.3. The molecule has 0 bridgehead atoms. The summed E-state index contributed by atoms with van der Waals surface area (Å²) in [6, 6.07) is 5.56. The summed E-state index contributed by atoms with van der Waals surface area (Å²) < 4.78 is 5.00. The Balaban J connectivity index is 2.24. The zero-order valence-electron chi connectivity index (χ0n) is 10.3. The standard InChI is InChI=1S/C12H18N4O/c1-16(7-8-17-2)6-5-14-12-4-3-11(9-13)15-10-12/h3-4,10,14H,5-8H2,1-2H3. The first-order valence-corrected chi connectivity index (χ1v) is 5.53. The van der Waals surface area contributed by atoms with E-state index in [4.69, 9.17) is 10.00 Å². The molecule has 92 valence electrons. The molecule has 0 radical (unpaired) electrons. The van der Waals surface area contributed by atoms with Gasteiger partial charge in [-0.2, -0.15) is 5.26 Å². The third-order valence-electron chi connectivity index (χ3n) is 2.38. The minimum absolute atomic E-state index is 0.438. The lowest BCUT2D eigenvalue weighted by Crippen LogP contribution is -2.28. The van der Waals surface area contributed by atoms with Crippen LogP contribution >= 0.6 is 0 Å². The van der Waals surface area contributed by atoms with E-state index in [0.717, 1.165) is 31.9 Å². The second-order valence-corrected chi connectivity index (χ2v) is 3.77. The molecule has 5 heteroatoms. The number of pyridine rings is 1. The highest BCUT2D eigenvalue weighted by molar-refractivity contribution is 5.42. The zero-order chi connectivity index (χ0) is 12.5. The smallest absolute Gasteiger partial charge is 0.140 e. The van der Waals surface area contributed by atoms with Crippen LogP contribution in [0.1, 0.15) is 5.69 Å². The van der Waals surface area contributed by atoms with E-state index in [1.54, 1.807) is 19.4 Å². The van der Waals surface area contributed by atoms with Gasteiger partial charge in [-0.05, 0) is 19.2 Å². The van der Waals surface area contributed by atoms with Crippen LogP contribution in [0.5, 0.6) is 0 Å². The highest BCUT2D eigenvalue weighted by Crippen LogP contribution is 2.04. The first-order valence-electron chi connectivity index (χ1n) is 5.53. The number of aromatic nitrogens is 1. The first kappa shape index (κ1) is 13.4. The molecule has 0 fully saturated rings. The molecule has 0 aromatic carbocycles. The number of nitrogens with zero attached hydrogens (tertiary/aromatic N) is 3. The fourth-order valence-electron chi connectivity index (χ4n) is 1.31. The molecule has 1 aromatic rings. The van der Waals surface area contributed by atoms with E-state index in [-0.39, 0.29) is 0 Å². The van der Waals surface area contributed by atoms with E-state index in [1.807, 2.05) is 12.1 Å². The molecule has 1 N–H and O–H groups in total. The Kier molecular flexibility index (Phi) is 6.00. The van der Waals surface area contributed by atoms with Gasteiger partial charge in [-0.3, -0.25) is 0 Å². The van der Waals surface area contributed by atoms with Gasteiger partial charge >= 0.3 is 0 Å². The summed E-state index contributed by atoms with van der Waals surface area (Å²) in [6.07, 6.45) is 1.67. The van der Waals surface area contributed by atoms with E-state index in [1.165, 1.54) is 0 Å². The van der Waals surface area contributed by atoms with Crippen LogP contribution in [0, 0.1) is 11.3 Å². The van der Waals surface area contributed by atoms with E-state index in [9.17, 15) is 0 Å². The number of likely N-dealkylation sites (N-methyl/N-ethyl adjacent to an activating group) is 1. The van der Waals surface area contributed by atoms with Crippen LogP contribution < -0.4 is 5.32 Å². The fourth-order valence-corrected chi connectivity index (χ4v) is 1.31. The molecule has 17 heavy (non-hydrogen) atoms. The van der Waals surface area contributed by atoms with E-state index in [0.29, 0.717) is 5.69 Å². The average Bonchev–Trinajstić information content (AvgIpc) is 2.37. The monoisotopic (exact) mass is 234 g/mol. The summed E-state index contributed by atoms with van der Waals surface area (Å²) in [7, 11) is 3.76. The molecule has 0 amide bonds. The molecule has 0 saturated heterocycles. The quantitative estimate of drug-likeness (QED) is 0.761. The predicted molar refractivity (Wildman–Crippen MR) is 66.8 cm³/mol. The maximum absolute atomic E-state index is 8.61. The molecule has 5 nitrogen and oxygen atoms in total. The molecule has 1 heterocycles. The Hall–Kier alpha value is -1.64. The Morgan fingerprint density at radius 2 is 2.29 bits per heavy atom. The third-order valence-corrected chi connectivity index (χ3v) is 2.38. The number of hydrogen-bond acceptors (Lipinski definition) is 5. The highest BCUT2D eigenvalue weighted by atomic mass is 16.5. The molecular weight excluding hydrogens is 216 g/mol. The molecular formula is C12H18N4O. The average molecular weight is 234 g/mol. The van der Waals surface area contributed by atoms with Gasteiger partial charge in [-0.25, -0.2) is 4.98 Å². The van der Waals surface area contributed by atoms with Crippen LogP contribution in [-0.4, -0.2) is 50.3 Å².